The summed E-state index contributed by atoms with van der Waals surface area (Å²) in [7, 11) is 0. The Morgan fingerprint density at radius 1 is 1.40 bits per heavy atom. The molecule has 84 valence electrons. The van der Waals surface area contributed by atoms with Gasteiger partial charge in [0.25, 0.3) is 0 Å². The predicted octanol–water partition coefficient (Wildman–Crippen LogP) is 2.58. The van der Waals surface area contributed by atoms with Gasteiger partial charge in [-0.3, -0.25) is 0 Å². The van der Waals surface area contributed by atoms with Gasteiger partial charge >= 0.3 is 0 Å². The van der Waals surface area contributed by atoms with E-state index in [-0.39, 0.29) is 6.04 Å². The fraction of sp³-hybridized carbons (Fsp3) is 0.667. The highest BCUT2D eigenvalue weighted by Crippen LogP contribution is 2.20. The van der Waals surface area contributed by atoms with Gasteiger partial charge in [0.2, 0.25) is 0 Å². The van der Waals surface area contributed by atoms with E-state index in [2.05, 4.69) is 17.5 Å². The highest BCUT2D eigenvalue weighted by molar-refractivity contribution is 7.09. The van der Waals surface area contributed by atoms with Gasteiger partial charge in [0.05, 0.1) is 12.7 Å². The summed E-state index contributed by atoms with van der Waals surface area (Å²) >= 11 is 1.80. The molecule has 1 fully saturated rings. The van der Waals surface area contributed by atoms with E-state index in [1.807, 2.05) is 0 Å². The SMILES string of the molecule is NC1CCCCC1OCCc1cccs1. The molecule has 0 amide bonds. The van der Waals surface area contributed by atoms with Crippen molar-refractivity contribution in [1.82, 2.24) is 0 Å². The molecule has 0 bridgehead atoms. The number of hydrogen-bond acceptors (Lipinski definition) is 3. The number of ether oxygens (including phenoxy) is 1. The van der Waals surface area contributed by atoms with Crippen LogP contribution in [0.4, 0.5) is 0 Å². The molecular weight excluding hydrogens is 206 g/mol. The molecule has 1 saturated carbocycles. The molecule has 1 aliphatic rings. The molecule has 2 unspecified atom stereocenters. The fourth-order valence-electron chi connectivity index (χ4n) is 2.10. The van der Waals surface area contributed by atoms with Crippen LogP contribution in [0.5, 0.6) is 0 Å². The van der Waals surface area contributed by atoms with Crippen LogP contribution in [0.15, 0.2) is 17.5 Å². The Hall–Kier alpha value is -0.380. The average Bonchev–Trinajstić information content (AvgIpc) is 2.74. The Morgan fingerprint density at radius 3 is 3.00 bits per heavy atom. The van der Waals surface area contributed by atoms with Gasteiger partial charge in [0, 0.05) is 17.3 Å². The zero-order valence-corrected chi connectivity index (χ0v) is 9.84. The van der Waals surface area contributed by atoms with E-state index in [1.165, 1.54) is 17.7 Å². The third kappa shape index (κ3) is 3.30. The number of thiophene rings is 1. The van der Waals surface area contributed by atoms with E-state index >= 15 is 0 Å². The van der Waals surface area contributed by atoms with Gasteiger partial charge < -0.3 is 10.5 Å². The molecule has 3 heteroatoms. The van der Waals surface area contributed by atoms with Crippen LogP contribution in [-0.2, 0) is 11.2 Å². The second-order valence-corrected chi connectivity index (χ2v) is 5.22. The molecule has 2 nitrogen and oxygen atoms in total. The van der Waals surface area contributed by atoms with Crippen molar-refractivity contribution in [2.24, 2.45) is 5.73 Å². The molecule has 1 aliphatic carbocycles. The first kappa shape index (κ1) is 11.1. The zero-order chi connectivity index (χ0) is 10.5. The monoisotopic (exact) mass is 225 g/mol. The summed E-state index contributed by atoms with van der Waals surface area (Å²) in [4.78, 5) is 1.40. The Kier molecular flexibility index (Phi) is 4.18. The topological polar surface area (TPSA) is 35.2 Å². The largest absolute Gasteiger partial charge is 0.376 e. The third-order valence-corrected chi connectivity index (χ3v) is 3.95. The summed E-state index contributed by atoms with van der Waals surface area (Å²) in [6, 6.07) is 4.52. The van der Waals surface area contributed by atoms with Gasteiger partial charge in [-0.1, -0.05) is 18.9 Å². The maximum absolute atomic E-state index is 6.02. The van der Waals surface area contributed by atoms with Crippen molar-refractivity contribution >= 4 is 11.3 Å². The minimum absolute atomic E-state index is 0.266. The molecule has 0 radical (unpaired) electrons. The lowest BCUT2D eigenvalue weighted by Crippen LogP contribution is -2.39. The first-order valence-electron chi connectivity index (χ1n) is 5.76. The summed E-state index contributed by atoms with van der Waals surface area (Å²) in [5.41, 5.74) is 6.02. The van der Waals surface area contributed by atoms with Gasteiger partial charge in [0.15, 0.2) is 0 Å². The molecule has 1 aromatic rings. The standard InChI is InChI=1S/C12H19NOS/c13-11-5-1-2-6-12(11)14-8-7-10-4-3-9-15-10/h3-4,9,11-12H,1-2,5-8,13H2. The van der Waals surface area contributed by atoms with Crippen molar-refractivity contribution in [1.29, 1.82) is 0 Å². The van der Waals surface area contributed by atoms with E-state index in [0.29, 0.717) is 6.10 Å². The Labute approximate surface area is 95.4 Å². The quantitative estimate of drug-likeness (QED) is 0.854. The summed E-state index contributed by atoms with van der Waals surface area (Å²) in [5, 5.41) is 2.11. The van der Waals surface area contributed by atoms with Crippen LogP contribution in [-0.4, -0.2) is 18.8 Å². The minimum atomic E-state index is 0.266. The lowest BCUT2D eigenvalue weighted by molar-refractivity contribution is 0.0171. The molecule has 2 N–H and O–H groups in total. The Bertz CT molecular complexity index is 273. The highest BCUT2D eigenvalue weighted by Gasteiger charge is 2.21. The van der Waals surface area contributed by atoms with Crippen LogP contribution < -0.4 is 5.73 Å². The van der Waals surface area contributed by atoms with Gasteiger partial charge in [-0.05, 0) is 24.3 Å². The van der Waals surface area contributed by atoms with Crippen LogP contribution in [0.3, 0.4) is 0 Å². The van der Waals surface area contributed by atoms with Crippen LogP contribution >= 0.6 is 11.3 Å². The Morgan fingerprint density at radius 2 is 2.27 bits per heavy atom. The van der Waals surface area contributed by atoms with Crippen molar-refractivity contribution in [2.45, 2.75) is 44.2 Å². The van der Waals surface area contributed by atoms with Crippen molar-refractivity contribution < 1.29 is 4.74 Å². The van der Waals surface area contributed by atoms with Crippen molar-refractivity contribution in [3.05, 3.63) is 22.4 Å². The Balaban J connectivity index is 1.68. The molecule has 1 heterocycles. The zero-order valence-electron chi connectivity index (χ0n) is 9.02. The van der Waals surface area contributed by atoms with Crippen LogP contribution in [0.25, 0.3) is 0 Å². The molecule has 0 saturated heterocycles. The second-order valence-electron chi connectivity index (χ2n) is 4.19. The van der Waals surface area contributed by atoms with E-state index in [9.17, 15) is 0 Å². The van der Waals surface area contributed by atoms with Gasteiger partial charge in [-0.2, -0.15) is 0 Å². The molecule has 2 rings (SSSR count). The van der Waals surface area contributed by atoms with Crippen molar-refractivity contribution in [3.8, 4) is 0 Å². The summed E-state index contributed by atoms with van der Waals surface area (Å²) in [5.74, 6) is 0. The number of nitrogens with two attached hydrogens (primary N) is 1. The molecule has 2 atom stereocenters. The van der Waals surface area contributed by atoms with E-state index in [4.69, 9.17) is 10.5 Å². The molecule has 0 aliphatic heterocycles. The van der Waals surface area contributed by atoms with Gasteiger partial charge in [-0.15, -0.1) is 11.3 Å². The van der Waals surface area contributed by atoms with E-state index in [0.717, 1.165) is 25.9 Å². The molecule has 1 aromatic heterocycles. The number of rotatable bonds is 4. The lowest BCUT2D eigenvalue weighted by Gasteiger charge is -2.28. The highest BCUT2D eigenvalue weighted by atomic mass is 32.1. The third-order valence-electron chi connectivity index (χ3n) is 3.01. The molecule has 0 spiro atoms. The van der Waals surface area contributed by atoms with Crippen molar-refractivity contribution in [3.63, 3.8) is 0 Å². The van der Waals surface area contributed by atoms with Crippen LogP contribution in [0.2, 0.25) is 0 Å². The maximum Gasteiger partial charge on any atom is 0.0726 e. The van der Waals surface area contributed by atoms with Gasteiger partial charge in [0.1, 0.15) is 0 Å². The molecule has 0 aromatic carbocycles. The van der Waals surface area contributed by atoms with Crippen LogP contribution in [0.1, 0.15) is 30.6 Å². The number of hydrogen-bond donors (Lipinski definition) is 1. The maximum atomic E-state index is 6.02. The predicted molar refractivity (Wildman–Crippen MR) is 64.2 cm³/mol. The van der Waals surface area contributed by atoms with E-state index < -0.39 is 0 Å². The average molecular weight is 225 g/mol. The smallest absolute Gasteiger partial charge is 0.0726 e. The first-order chi connectivity index (χ1) is 7.36. The summed E-state index contributed by atoms with van der Waals surface area (Å²) in [6.45, 7) is 0.818. The summed E-state index contributed by atoms with van der Waals surface area (Å²) in [6.07, 6.45) is 6.15. The summed E-state index contributed by atoms with van der Waals surface area (Å²) < 4.78 is 5.85. The van der Waals surface area contributed by atoms with Gasteiger partial charge in [-0.25, -0.2) is 0 Å². The van der Waals surface area contributed by atoms with E-state index in [1.54, 1.807) is 11.3 Å². The normalized spacial score (nSPS) is 26.7. The lowest BCUT2D eigenvalue weighted by atomic mass is 9.93. The van der Waals surface area contributed by atoms with Crippen molar-refractivity contribution in [2.75, 3.05) is 6.61 Å². The fourth-order valence-corrected chi connectivity index (χ4v) is 2.79. The molecule has 15 heavy (non-hydrogen) atoms. The minimum Gasteiger partial charge on any atom is -0.376 e. The first-order valence-corrected chi connectivity index (χ1v) is 6.64. The molecular formula is C12H19NOS. The second kappa shape index (κ2) is 5.64. The van der Waals surface area contributed by atoms with Crippen LogP contribution in [0, 0.1) is 0 Å².